The van der Waals surface area contributed by atoms with Crippen molar-refractivity contribution in [3.05, 3.63) is 65.5 Å². The Balaban J connectivity index is 1.98. The Bertz CT molecular complexity index is 744. The van der Waals surface area contributed by atoms with Crippen LogP contribution < -0.4 is 10.6 Å². The van der Waals surface area contributed by atoms with Gasteiger partial charge in [-0.25, -0.2) is 4.39 Å². The molecule has 2 aromatic rings. The van der Waals surface area contributed by atoms with Gasteiger partial charge in [0.05, 0.1) is 11.3 Å². The molecule has 0 unspecified atom stereocenters. The summed E-state index contributed by atoms with van der Waals surface area (Å²) in [5, 5.41) is 5.58. The van der Waals surface area contributed by atoms with Crippen molar-refractivity contribution in [3.8, 4) is 0 Å². The van der Waals surface area contributed by atoms with E-state index in [1.807, 2.05) is 13.8 Å². The Kier molecular flexibility index (Phi) is 6.69. The van der Waals surface area contributed by atoms with Crippen molar-refractivity contribution in [1.82, 2.24) is 5.32 Å². The number of aryl methyl sites for hydroxylation is 1. The third-order valence-corrected chi connectivity index (χ3v) is 3.70. The predicted molar refractivity (Wildman–Crippen MR) is 97.0 cm³/mol. The molecule has 4 nitrogen and oxygen atoms in total. The van der Waals surface area contributed by atoms with Gasteiger partial charge < -0.3 is 10.6 Å². The molecule has 0 aliphatic rings. The van der Waals surface area contributed by atoms with Gasteiger partial charge in [-0.15, -0.1) is 0 Å². The number of carbonyl (C=O) groups excluding carboxylic acids is 2. The number of carbonyl (C=O) groups is 2. The number of benzene rings is 2. The van der Waals surface area contributed by atoms with Crippen molar-refractivity contribution in [1.29, 1.82) is 0 Å². The second-order valence-electron chi connectivity index (χ2n) is 6.29. The van der Waals surface area contributed by atoms with E-state index in [2.05, 4.69) is 10.6 Å². The van der Waals surface area contributed by atoms with Gasteiger partial charge >= 0.3 is 0 Å². The lowest BCUT2D eigenvalue weighted by atomic mass is 10.1. The molecule has 0 aliphatic heterocycles. The fourth-order valence-corrected chi connectivity index (χ4v) is 2.34. The maximum atomic E-state index is 13.6. The summed E-state index contributed by atoms with van der Waals surface area (Å²) in [7, 11) is 0. The molecule has 2 N–H and O–H groups in total. The number of para-hydroxylation sites is 1. The Morgan fingerprint density at radius 2 is 1.72 bits per heavy atom. The lowest BCUT2D eigenvalue weighted by molar-refractivity contribution is -0.116. The number of amides is 2. The number of hydrogen-bond donors (Lipinski definition) is 2. The number of rotatable bonds is 7. The first-order valence-electron chi connectivity index (χ1n) is 8.38. The van der Waals surface area contributed by atoms with Crippen LogP contribution in [-0.4, -0.2) is 18.4 Å². The molecule has 0 aromatic heterocycles. The topological polar surface area (TPSA) is 58.2 Å². The second-order valence-corrected chi connectivity index (χ2v) is 6.29. The molecular weight excluding hydrogens is 319 g/mol. The monoisotopic (exact) mass is 342 g/mol. The Labute approximate surface area is 147 Å². The summed E-state index contributed by atoms with van der Waals surface area (Å²) in [6, 6.07) is 13.3. The highest BCUT2D eigenvalue weighted by atomic mass is 19.1. The minimum Gasteiger partial charge on any atom is -0.352 e. The summed E-state index contributed by atoms with van der Waals surface area (Å²) >= 11 is 0. The van der Waals surface area contributed by atoms with E-state index in [9.17, 15) is 14.0 Å². The first-order chi connectivity index (χ1) is 12.0. The van der Waals surface area contributed by atoms with Gasteiger partial charge in [0, 0.05) is 13.0 Å². The molecule has 132 valence electrons. The van der Waals surface area contributed by atoms with Gasteiger partial charge in [0.25, 0.3) is 5.91 Å². The van der Waals surface area contributed by atoms with E-state index in [1.54, 1.807) is 42.5 Å². The Hall–Kier alpha value is -2.69. The lowest BCUT2D eigenvalue weighted by Crippen LogP contribution is -2.28. The van der Waals surface area contributed by atoms with E-state index < -0.39 is 0 Å². The Morgan fingerprint density at radius 1 is 1.04 bits per heavy atom. The van der Waals surface area contributed by atoms with Crippen molar-refractivity contribution in [2.45, 2.75) is 26.7 Å². The minimum absolute atomic E-state index is 0.142. The zero-order valence-electron chi connectivity index (χ0n) is 14.5. The molecular formula is C20H23FN2O2. The molecule has 2 aromatic carbocycles. The van der Waals surface area contributed by atoms with Crippen molar-refractivity contribution in [2.75, 3.05) is 11.9 Å². The van der Waals surface area contributed by atoms with Crippen LogP contribution in [0.4, 0.5) is 10.1 Å². The maximum Gasteiger partial charge on any atom is 0.253 e. The van der Waals surface area contributed by atoms with Crippen LogP contribution in [0.3, 0.4) is 0 Å². The summed E-state index contributed by atoms with van der Waals surface area (Å²) in [4.78, 5) is 24.4. The molecule has 0 aliphatic carbocycles. The first kappa shape index (κ1) is 18.6. The molecule has 0 heterocycles. The summed E-state index contributed by atoms with van der Waals surface area (Å²) in [5.41, 5.74) is 1.38. The smallest absolute Gasteiger partial charge is 0.253 e. The normalized spacial score (nSPS) is 10.6. The number of halogens is 1. The highest BCUT2D eigenvalue weighted by Gasteiger charge is 2.13. The van der Waals surface area contributed by atoms with Gasteiger partial charge in [0.2, 0.25) is 5.91 Å². The highest BCUT2D eigenvalue weighted by Crippen LogP contribution is 2.16. The number of hydrogen-bond acceptors (Lipinski definition) is 2. The van der Waals surface area contributed by atoms with Crippen molar-refractivity contribution >= 4 is 17.5 Å². The molecule has 0 bridgehead atoms. The second kappa shape index (κ2) is 8.97. The molecule has 5 heteroatoms. The summed E-state index contributed by atoms with van der Waals surface area (Å²) in [5.74, 6) is -0.457. The third kappa shape index (κ3) is 5.71. The first-order valence-corrected chi connectivity index (χ1v) is 8.38. The zero-order chi connectivity index (χ0) is 18.2. The molecule has 2 rings (SSSR count). The quantitative estimate of drug-likeness (QED) is 0.804. The van der Waals surface area contributed by atoms with Crippen LogP contribution in [0.15, 0.2) is 48.5 Å². The Morgan fingerprint density at radius 3 is 2.44 bits per heavy atom. The van der Waals surface area contributed by atoms with Crippen LogP contribution in [0.25, 0.3) is 0 Å². The molecule has 0 saturated carbocycles. The third-order valence-electron chi connectivity index (χ3n) is 3.70. The standard InChI is InChI=1S/C20H23FN2O2/c1-14(2)13-22-20(25)16-8-4-6-10-18(16)23-19(24)12-11-15-7-3-5-9-17(15)21/h3-10,14H,11-13H2,1-2H3,(H,22,25)(H,23,24). The van der Waals surface area contributed by atoms with E-state index in [4.69, 9.17) is 0 Å². The van der Waals surface area contributed by atoms with Crippen LogP contribution in [0.2, 0.25) is 0 Å². The highest BCUT2D eigenvalue weighted by molar-refractivity contribution is 6.03. The summed E-state index contributed by atoms with van der Waals surface area (Å²) in [6.45, 7) is 4.59. The maximum absolute atomic E-state index is 13.6. The van der Waals surface area contributed by atoms with Gasteiger partial charge in [0.1, 0.15) is 5.82 Å². The van der Waals surface area contributed by atoms with Crippen molar-refractivity contribution < 1.29 is 14.0 Å². The van der Waals surface area contributed by atoms with E-state index >= 15 is 0 Å². The molecule has 0 atom stereocenters. The molecule has 25 heavy (non-hydrogen) atoms. The van der Waals surface area contributed by atoms with Crippen LogP contribution in [0.5, 0.6) is 0 Å². The average molecular weight is 342 g/mol. The average Bonchev–Trinajstić information content (AvgIpc) is 2.59. The summed E-state index contributed by atoms with van der Waals surface area (Å²) < 4.78 is 13.6. The molecule has 0 saturated heterocycles. The van der Waals surface area contributed by atoms with Gasteiger partial charge in [-0.05, 0) is 36.1 Å². The molecule has 0 fully saturated rings. The zero-order valence-corrected chi connectivity index (χ0v) is 14.5. The van der Waals surface area contributed by atoms with Crippen LogP contribution in [-0.2, 0) is 11.2 Å². The molecule has 0 radical (unpaired) electrons. The van der Waals surface area contributed by atoms with Crippen LogP contribution >= 0.6 is 0 Å². The fraction of sp³-hybridized carbons (Fsp3) is 0.300. The van der Waals surface area contributed by atoms with Gasteiger partial charge in [-0.2, -0.15) is 0 Å². The minimum atomic E-state index is -0.316. The van der Waals surface area contributed by atoms with Crippen LogP contribution in [0.1, 0.15) is 36.2 Å². The SMILES string of the molecule is CC(C)CNC(=O)c1ccccc1NC(=O)CCc1ccccc1F. The van der Waals surface area contributed by atoms with E-state index in [-0.39, 0.29) is 24.1 Å². The molecule has 2 amide bonds. The van der Waals surface area contributed by atoms with Crippen molar-refractivity contribution in [3.63, 3.8) is 0 Å². The van der Waals surface area contributed by atoms with E-state index in [1.165, 1.54) is 6.07 Å². The number of anilines is 1. The predicted octanol–water partition coefficient (Wildman–Crippen LogP) is 3.78. The largest absolute Gasteiger partial charge is 0.352 e. The summed E-state index contributed by atoms with van der Waals surface area (Å²) in [6.07, 6.45) is 0.448. The van der Waals surface area contributed by atoms with Crippen molar-refractivity contribution in [2.24, 2.45) is 5.92 Å². The van der Waals surface area contributed by atoms with E-state index in [0.29, 0.717) is 35.7 Å². The molecule has 0 spiro atoms. The van der Waals surface area contributed by atoms with Gasteiger partial charge in [-0.1, -0.05) is 44.2 Å². The fourth-order valence-electron chi connectivity index (χ4n) is 2.34. The lowest BCUT2D eigenvalue weighted by Gasteiger charge is -2.12. The number of nitrogens with one attached hydrogen (secondary N) is 2. The van der Waals surface area contributed by atoms with Gasteiger partial charge in [-0.3, -0.25) is 9.59 Å². The van der Waals surface area contributed by atoms with Crippen LogP contribution in [0, 0.1) is 11.7 Å². The van der Waals surface area contributed by atoms with Gasteiger partial charge in [0.15, 0.2) is 0 Å². The van der Waals surface area contributed by atoms with E-state index in [0.717, 1.165) is 0 Å².